The predicted octanol–water partition coefficient (Wildman–Crippen LogP) is 3.11. The van der Waals surface area contributed by atoms with Crippen molar-refractivity contribution in [2.45, 2.75) is 39.3 Å². The number of amides is 1. The van der Waals surface area contributed by atoms with Gasteiger partial charge in [-0.1, -0.05) is 23.2 Å². The first-order chi connectivity index (χ1) is 11.8. The highest BCUT2D eigenvalue weighted by atomic mass is 35.5. The van der Waals surface area contributed by atoms with Crippen LogP contribution in [0.1, 0.15) is 25.0 Å². The van der Waals surface area contributed by atoms with Crippen LogP contribution in [0.2, 0.25) is 10.2 Å². The first-order valence-corrected chi connectivity index (χ1v) is 9.13. The molecule has 1 aliphatic heterocycles. The second-order valence-corrected chi connectivity index (χ2v) is 7.55. The van der Waals surface area contributed by atoms with Gasteiger partial charge in [-0.15, -0.1) is 0 Å². The fourth-order valence-electron chi connectivity index (χ4n) is 3.39. The van der Waals surface area contributed by atoms with Crippen LogP contribution >= 0.6 is 23.2 Å². The number of pyridine rings is 1. The lowest BCUT2D eigenvalue weighted by atomic mass is 10.0. The highest BCUT2D eigenvalue weighted by Crippen LogP contribution is 2.28. The van der Waals surface area contributed by atoms with E-state index in [1.54, 1.807) is 6.07 Å². The largest absolute Gasteiger partial charge is 0.309 e. The molecule has 7 heteroatoms. The third-order valence-corrected chi connectivity index (χ3v) is 5.05. The third kappa shape index (κ3) is 4.23. The maximum absolute atomic E-state index is 12.6. The lowest BCUT2D eigenvalue weighted by Crippen LogP contribution is -2.59. The van der Waals surface area contributed by atoms with Crippen molar-refractivity contribution in [3.63, 3.8) is 0 Å². The molecule has 0 aliphatic carbocycles. The third-order valence-electron chi connectivity index (χ3n) is 4.44. The van der Waals surface area contributed by atoms with Crippen LogP contribution in [0.3, 0.4) is 0 Å². The van der Waals surface area contributed by atoms with Crippen LogP contribution in [0.15, 0.2) is 18.2 Å². The summed E-state index contributed by atoms with van der Waals surface area (Å²) in [5.41, 5.74) is 5.44. The minimum absolute atomic E-state index is 0.0621. The summed E-state index contributed by atoms with van der Waals surface area (Å²) < 4.78 is 0. The molecule has 3 rings (SSSR count). The fraction of sp³-hybridized carbons (Fsp3) is 0.444. The van der Waals surface area contributed by atoms with Crippen molar-refractivity contribution in [3.8, 4) is 0 Å². The topological polar surface area (TPSA) is 57.3 Å². The van der Waals surface area contributed by atoms with Gasteiger partial charge < -0.3 is 5.32 Å². The van der Waals surface area contributed by atoms with Gasteiger partial charge in [0.25, 0.3) is 0 Å². The summed E-state index contributed by atoms with van der Waals surface area (Å²) in [5.74, 6) is -0.0621. The van der Waals surface area contributed by atoms with E-state index in [1.807, 2.05) is 24.1 Å². The van der Waals surface area contributed by atoms with Gasteiger partial charge in [-0.2, -0.15) is 0 Å². The average molecular weight is 381 g/mol. The van der Waals surface area contributed by atoms with Gasteiger partial charge in [-0.05, 0) is 50.1 Å². The predicted molar refractivity (Wildman–Crippen MR) is 102 cm³/mol. The molecule has 2 aromatic rings. The van der Waals surface area contributed by atoms with E-state index in [0.29, 0.717) is 22.3 Å². The first kappa shape index (κ1) is 18.4. The molecule has 5 nitrogen and oxygen atoms in total. The molecular formula is C18H22Cl2N4O. The monoisotopic (exact) mass is 380 g/mol. The molecule has 0 saturated carbocycles. The molecule has 0 unspecified atom stereocenters. The van der Waals surface area contributed by atoms with Crippen LogP contribution in [0.25, 0.3) is 10.9 Å². The smallest absolute Gasteiger partial charge is 0.238 e. The fourth-order valence-corrected chi connectivity index (χ4v) is 3.76. The number of rotatable bonds is 3. The number of hydrazine groups is 1. The number of benzene rings is 1. The maximum Gasteiger partial charge on any atom is 0.238 e. The van der Waals surface area contributed by atoms with E-state index in [4.69, 9.17) is 23.2 Å². The maximum atomic E-state index is 12.6. The zero-order valence-electron chi connectivity index (χ0n) is 14.6. The zero-order chi connectivity index (χ0) is 18.1. The molecule has 1 saturated heterocycles. The number of piperazine rings is 1. The standard InChI is InChI=1S/C18H22Cl2N4O/c1-10-8-24(9-11(2)21-10)23-17(25)7-14-12(3)18(20)22-16-5-4-13(19)6-15(14)16/h4-6,10-11,21H,7-9H2,1-3H3,(H,23,25)/t10-,11+. The van der Waals surface area contributed by atoms with Crippen molar-refractivity contribution in [3.05, 3.63) is 39.5 Å². The van der Waals surface area contributed by atoms with Crippen LogP contribution in [0.5, 0.6) is 0 Å². The van der Waals surface area contributed by atoms with Crippen LogP contribution < -0.4 is 10.7 Å². The Morgan fingerprint density at radius 2 is 2.00 bits per heavy atom. The van der Waals surface area contributed by atoms with Crippen molar-refractivity contribution in [1.29, 1.82) is 0 Å². The number of halogens is 2. The van der Waals surface area contributed by atoms with Crippen molar-refractivity contribution in [2.24, 2.45) is 0 Å². The second-order valence-electron chi connectivity index (χ2n) is 6.75. The summed E-state index contributed by atoms with van der Waals surface area (Å²) in [6.07, 6.45) is 0.234. The van der Waals surface area contributed by atoms with E-state index >= 15 is 0 Å². The van der Waals surface area contributed by atoms with Gasteiger partial charge in [0.2, 0.25) is 5.91 Å². The van der Waals surface area contributed by atoms with E-state index in [-0.39, 0.29) is 12.3 Å². The Morgan fingerprint density at radius 3 is 2.68 bits per heavy atom. The molecule has 1 fully saturated rings. The molecule has 25 heavy (non-hydrogen) atoms. The highest BCUT2D eigenvalue weighted by molar-refractivity contribution is 6.32. The first-order valence-electron chi connectivity index (χ1n) is 8.38. The van der Waals surface area contributed by atoms with E-state index in [9.17, 15) is 4.79 Å². The lowest BCUT2D eigenvalue weighted by molar-refractivity contribution is -0.126. The second kappa shape index (κ2) is 7.46. The van der Waals surface area contributed by atoms with Gasteiger partial charge in [-0.3, -0.25) is 10.2 Å². The molecule has 1 amide bonds. The van der Waals surface area contributed by atoms with Gasteiger partial charge in [0.15, 0.2) is 0 Å². The lowest BCUT2D eigenvalue weighted by Gasteiger charge is -2.36. The Morgan fingerprint density at radius 1 is 1.32 bits per heavy atom. The SMILES string of the molecule is Cc1c(Cl)nc2ccc(Cl)cc2c1CC(=O)NN1C[C@@H](C)N[C@@H](C)C1. The zero-order valence-corrected chi connectivity index (χ0v) is 16.1. The number of nitrogens with one attached hydrogen (secondary N) is 2. The van der Waals surface area contributed by atoms with E-state index in [1.165, 1.54) is 0 Å². The van der Waals surface area contributed by atoms with Gasteiger partial charge in [-0.25, -0.2) is 9.99 Å². The number of fused-ring (bicyclic) bond motifs is 1. The molecule has 0 spiro atoms. The van der Waals surface area contributed by atoms with E-state index < -0.39 is 0 Å². The molecule has 1 aromatic heterocycles. The number of carbonyl (C=O) groups excluding carboxylic acids is 1. The number of hydrogen-bond acceptors (Lipinski definition) is 4. The van der Waals surface area contributed by atoms with Crippen LogP contribution in [-0.2, 0) is 11.2 Å². The Hall–Kier alpha value is -1.40. The Balaban J connectivity index is 1.83. The summed E-state index contributed by atoms with van der Waals surface area (Å²) in [4.78, 5) is 17.0. The number of carbonyl (C=O) groups is 1. The Labute approximate surface area is 157 Å². The van der Waals surface area contributed by atoms with Crippen LogP contribution in [0, 0.1) is 6.92 Å². The number of hydrogen-bond donors (Lipinski definition) is 2. The summed E-state index contributed by atoms with van der Waals surface area (Å²) in [6.45, 7) is 7.65. The molecule has 0 bridgehead atoms. The van der Waals surface area contributed by atoms with Gasteiger partial charge >= 0.3 is 0 Å². The molecule has 2 atom stereocenters. The summed E-state index contributed by atoms with van der Waals surface area (Å²) in [6, 6.07) is 6.10. The highest BCUT2D eigenvalue weighted by Gasteiger charge is 2.23. The quantitative estimate of drug-likeness (QED) is 0.803. The van der Waals surface area contributed by atoms with Crippen molar-refractivity contribution in [1.82, 2.24) is 20.7 Å². The average Bonchev–Trinajstić information content (AvgIpc) is 2.51. The van der Waals surface area contributed by atoms with Crippen molar-refractivity contribution < 1.29 is 4.79 Å². The van der Waals surface area contributed by atoms with Crippen molar-refractivity contribution >= 4 is 40.0 Å². The summed E-state index contributed by atoms with van der Waals surface area (Å²) >= 11 is 12.4. The van der Waals surface area contributed by atoms with Gasteiger partial charge in [0.1, 0.15) is 5.15 Å². The normalized spacial score (nSPS) is 21.5. The molecule has 2 N–H and O–H groups in total. The molecule has 134 valence electrons. The Kier molecular flexibility index (Phi) is 5.49. The molecule has 1 aliphatic rings. The minimum atomic E-state index is -0.0621. The minimum Gasteiger partial charge on any atom is -0.309 e. The number of nitrogens with zero attached hydrogens (tertiary/aromatic N) is 2. The van der Waals surface area contributed by atoms with Gasteiger partial charge in [0, 0.05) is 35.6 Å². The van der Waals surface area contributed by atoms with Gasteiger partial charge in [0.05, 0.1) is 11.9 Å². The Bertz CT molecular complexity index is 801. The van der Waals surface area contributed by atoms with E-state index in [2.05, 4.69) is 29.6 Å². The summed E-state index contributed by atoms with van der Waals surface area (Å²) in [5, 5.41) is 7.32. The van der Waals surface area contributed by atoms with Crippen LogP contribution in [-0.4, -0.2) is 41.1 Å². The molecular weight excluding hydrogens is 359 g/mol. The van der Waals surface area contributed by atoms with E-state index in [0.717, 1.165) is 35.1 Å². The molecule has 2 heterocycles. The van der Waals surface area contributed by atoms with Crippen molar-refractivity contribution in [2.75, 3.05) is 13.1 Å². The number of aromatic nitrogens is 1. The molecule has 0 radical (unpaired) electrons. The molecule has 1 aromatic carbocycles. The summed E-state index contributed by atoms with van der Waals surface area (Å²) in [7, 11) is 0. The van der Waals surface area contributed by atoms with Crippen LogP contribution in [0.4, 0.5) is 0 Å².